The fourth-order valence-electron chi connectivity index (χ4n) is 18.1. The van der Waals surface area contributed by atoms with Crippen LogP contribution in [0.15, 0.2) is 384 Å². The number of hydrogen-bond donors (Lipinski definition) is 4. The van der Waals surface area contributed by atoms with Gasteiger partial charge in [0.15, 0.2) is 0 Å². The van der Waals surface area contributed by atoms with Crippen molar-refractivity contribution in [1.29, 1.82) is 0 Å². The van der Waals surface area contributed by atoms with Gasteiger partial charge in [0, 0.05) is 66.1 Å². The highest BCUT2D eigenvalue weighted by Gasteiger charge is 2.33. The van der Waals surface area contributed by atoms with Crippen molar-refractivity contribution in [3.8, 4) is 135 Å². The largest absolute Gasteiger partial charge is 0.455 e. The molecule has 0 saturated heterocycles. The number of hydrogen-bond acceptors (Lipinski definition) is 8. The molecule has 0 amide bonds. The molecule has 0 atom stereocenters. The first-order valence-corrected chi connectivity index (χ1v) is 45.3. The van der Waals surface area contributed by atoms with Gasteiger partial charge in [-0.05, 0) is 161 Å². The van der Waals surface area contributed by atoms with Crippen molar-refractivity contribution in [3.63, 3.8) is 0 Å². The van der Waals surface area contributed by atoms with Crippen molar-refractivity contribution in [2.24, 2.45) is 20.0 Å². The van der Waals surface area contributed by atoms with Crippen molar-refractivity contribution in [1.82, 2.24) is 19.9 Å². The van der Waals surface area contributed by atoms with Crippen molar-refractivity contribution in [3.05, 3.63) is 408 Å². The zero-order valence-electron chi connectivity index (χ0n) is 76.1. The molecule has 20 aromatic rings. The molecule has 1 aliphatic rings. The van der Waals surface area contributed by atoms with E-state index in [-0.39, 0.29) is 21.7 Å². The van der Waals surface area contributed by atoms with E-state index in [1.54, 1.807) is 0 Å². The van der Waals surface area contributed by atoms with Crippen LogP contribution in [0.4, 0.5) is 23.3 Å². The minimum Gasteiger partial charge on any atom is -0.455 e. The molecule has 4 aromatic heterocycles. The Kier molecular flexibility index (Phi) is 20.9. The summed E-state index contributed by atoms with van der Waals surface area (Å²) in [5.41, 5.74) is 20.2. The maximum atomic E-state index is 8.18. The lowest BCUT2D eigenvalue weighted by Gasteiger charge is -2.25. The SMILES string of the molecule is CC(C)(C)c1cc(-c2ccccc2)c(Oc2ccc(Oc3c(-c4ccccc4)cc(C(C)(C)C)cc3-c3ccccc3)c3c4[nH]c(c23)N=c2[nH]c(c3ccccc23)=Nc2[nH]c(c3ccccc23)N=c2[nH]c(c3c(Oc5c(-c6ccccc6)cc(C(C)(C)C)cc5-c5ccccc5)ccc(Oc5c(-c6ccccc6)cc(C(C)(C)C)cc5-c5ccccc5)c23)=N4)c(-c2ccccc2)c1. The van der Waals surface area contributed by atoms with Gasteiger partial charge in [-0.2, -0.15) is 0 Å². The number of nitrogens with one attached hydrogen (secondary N) is 4. The first-order valence-electron chi connectivity index (χ1n) is 45.3. The molecule has 0 spiro atoms. The molecule has 1 aliphatic heterocycles. The Balaban J connectivity index is 0.954. The van der Waals surface area contributed by atoms with Gasteiger partial charge < -0.3 is 38.9 Å². The summed E-state index contributed by atoms with van der Waals surface area (Å²) in [5, 5.41) is 5.50. The van der Waals surface area contributed by atoms with E-state index < -0.39 is 0 Å². The van der Waals surface area contributed by atoms with Crippen LogP contribution in [0.25, 0.3) is 132 Å². The van der Waals surface area contributed by atoms with Gasteiger partial charge in [0.1, 0.15) is 91.2 Å². The van der Waals surface area contributed by atoms with Gasteiger partial charge in [0.2, 0.25) is 0 Å². The van der Waals surface area contributed by atoms with E-state index in [9.17, 15) is 0 Å². The molecule has 12 heteroatoms. The maximum absolute atomic E-state index is 8.18. The highest BCUT2D eigenvalue weighted by molar-refractivity contribution is 6.09. The van der Waals surface area contributed by atoms with Crippen LogP contribution in [-0.4, -0.2) is 19.9 Å². The Morgan fingerprint density at radius 3 is 0.598 bits per heavy atom. The van der Waals surface area contributed by atoms with E-state index in [1.165, 1.54) is 0 Å². The molecule has 0 aliphatic carbocycles. The highest BCUT2D eigenvalue weighted by Crippen LogP contribution is 2.56. The third kappa shape index (κ3) is 15.8. The standard InChI is InChI=1S/C120H100N8O4/c1-117(2,3)81-65-89(73-41-21-13-22-42-73)105(90(66-81)74-43-23-14-24-44-74)129-97-61-63-99(131-107-93(77-49-29-17-30-50-77)69-83(119(7,8)9)70-94(107)78-51-31-18-32-52-78)103-101(97)113-124-111-87-59-39-37-57-85(87)109(122-111)121-110-86-58-38-40-60-88(86)112(123-110)125-114-102-98(130-106-91(75-45-25-15-26-46-75)67-82(118(4,5)6)68-92(106)76-47-27-16-28-48-76)62-64-100(104(102)116(127-114)128-115(103)126-113)132-108-95(79-53-33-19-34-54-79)71-84(120(10,11)12)72-96(108)80-55-35-20-36-56-80/h13-72H,1-12H3,(H4,121,122,123,124,125,126,127,128). The van der Waals surface area contributed by atoms with Gasteiger partial charge in [0.05, 0.1) is 21.5 Å². The van der Waals surface area contributed by atoms with Crippen molar-refractivity contribution < 1.29 is 18.9 Å². The summed E-state index contributed by atoms with van der Waals surface area (Å²) in [6.07, 6.45) is 0. The van der Waals surface area contributed by atoms with Crippen molar-refractivity contribution in [2.75, 3.05) is 0 Å². The molecule has 0 unspecified atom stereocenters. The van der Waals surface area contributed by atoms with Crippen LogP contribution >= 0.6 is 0 Å². The van der Waals surface area contributed by atoms with Crippen LogP contribution in [0, 0.1) is 0 Å². The second-order valence-electron chi connectivity index (χ2n) is 38.4. The molecule has 132 heavy (non-hydrogen) atoms. The van der Waals surface area contributed by atoms with Gasteiger partial charge in [-0.3, -0.25) is 0 Å². The molecular formula is C120H100N8O4. The summed E-state index contributed by atoms with van der Waals surface area (Å²) >= 11 is 0. The summed E-state index contributed by atoms with van der Waals surface area (Å²) in [6.45, 7) is 27.1. The molecule has 0 saturated carbocycles. The van der Waals surface area contributed by atoms with E-state index in [1.807, 2.05) is 48.5 Å². The summed E-state index contributed by atoms with van der Waals surface area (Å²) in [4.78, 5) is 39.5. The van der Waals surface area contributed by atoms with Crippen LogP contribution in [0.1, 0.15) is 105 Å². The minimum atomic E-state index is -0.293. The molecule has 644 valence electrons. The third-order valence-electron chi connectivity index (χ3n) is 25.3. The minimum absolute atomic E-state index is 0.283. The van der Waals surface area contributed by atoms with Gasteiger partial charge in [-0.1, -0.05) is 374 Å². The van der Waals surface area contributed by atoms with Crippen LogP contribution in [0.2, 0.25) is 0 Å². The average Bonchev–Trinajstić information content (AvgIpc) is 1.56. The summed E-state index contributed by atoms with van der Waals surface area (Å²) in [7, 11) is 0. The summed E-state index contributed by atoms with van der Waals surface area (Å²) in [5.74, 6) is 6.15. The van der Waals surface area contributed by atoms with Gasteiger partial charge in [0.25, 0.3) is 0 Å². The van der Waals surface area contributed by atoms with E-state index in [2.05, 4.69) is 418 Å². The zero-order valence-corrected chi connectivity index (χ0v) is 76.1. The molecule has 8 bridgehead atoms. The Labute approximate surface area is 768 Å². The van der Waals surface area contributed by atoms with Crippen LogP contribution in [0.3, 0.4) is 0 Å². The zero-order chi connectivity index (χ0) is 90.3. The maximum Gasteiger partial charge on any atom is 0.145 e. The number of aromatic amines is 4. The Morgan fingerprint density at radius 1 is 0.182 bits per heavy atom. The highest BCUT2D eigenvalue weighted by atomic mass is 16.5. The van der Waals surface area contributed by atoms with Crippen LogP contribution in [0.5, 0.6) is 46.0 Å². The predicted octanol–water partition coefficient (Wildman–Crippen LogP) is 31.4. The topological polar surface area (TPSA) is 150 Å². The normalized spacial score (nSPS) is 12.3. The molecule has 4 N–H and O–H groups in total. The second-order valence-corrected chi connectivity index (χ2v) is 38.4. The lowest BCUT2D eigenvalue weighted by molar-refractivity contribution is 0.480. The Morgan fingerprint density at radius 2 is 0.364 bits per heavy atom. The number of fused-ring (bicyclic) bond motifs is 20. The molecule has 0 radical (unpaired) electrons. The number of H-pyrrole nitrogens is 4. The van der Waals surface area contributed by atoms with Crippen molar-refractivity contribution in [2.45, 2.75) is 105 Å². The van der Waals surface area contributed by atoms with Crippen molar-refractivity contribution >= 4 is 66.4 Å². The molecule has 21 rings (SSSR count). The Hall–Kier alpha value is -15.9. The van der Waals surface area contributed by atoms with Crippen LogP contribution < -0.4 is 40.9 Å². The van der Waals surface area contributed by atoms with E-state index in [0.717, 1.165) is 133 Å². The first-order chi connectivity index (χ1) is 63.9. The molecule has 16 aromatic carbocycles. The molecule has 0 fully saturated rings. The average molecular weight is 1720 g/mol. The Bertz CT molecular complexity index is 7880. The fraction of sp³-hybridized carbons (Fsp3) is 0.133. The quantitative estimate of drug-likeness (QED) is 0.0762. The molecule has 12 nitrogen and oxygen atoms in total. The number of nitrogens with zero attached hydrogens (tertiary/aromatic N) is 4. The van der Waals surface area contributed by atoms with Gasteiger partial charge in [-0.15, -0.1) is 0 Å². The fourth-order valence-corrected chi connectivity index (χ4v) is 18.1. The third-order valence-corrected chi connectivity index (χ3v) is 25.3. The van der Waals surface area contributed by atoms with E-state index in [4.69, 9.17) is 38.9 Å². The van der Waals surface area contributed by atoms with E-state index >= 15 is 0 Å². The van der Waals surface area contributed by atoms with Gasteiger partial charge in [-0.25, -0.2) is 20.0 Å². The van der Waals surface area contributed by atoms with E-state index in [0.29, 0.717) is 113 Å². The number of benzene rings is 16. The number of ether oxygens (including phenoxy) is 4. The lowest BCUT2D eigenvalue weighted by atomic mass is 9.82. The predicted molar refractivity (Wildman–Crippen MR) is 541 cm³/mol. The molecular weight excluding hydrogens is 1620 g/mol. The van der Waals surface area contributed by atoms with Crippen LogP contribution in [-0.2, 0) is 21.7 Å². The van der Waals surface area contributed by atoms with Gasteiger partial charge >= 0.3 is 0 Å². The lowest BCUT2D eigenvalue weighted by Crippen LogP contribution is -2.12. The number of rotatable bonds is 16. The molecule has 5 heterocycles. The first kappa shape index (κ1) is 83.0. The smallest absolute Gasteiger partial charge is 0.145 e. The second kappa shape index (κ2) is 33.3. The number of aromatic nitrogens is 4. The summed E-state index contributed by atoms with van der Waals surface area (Å²) in [6, 6.07) is 127. The summed E-state index contributed by atoms with van der Waals surface area (Å²) < 4.78 is 32.6. The monoisotopic (exact) mass is 1720 g/mol.